The first-order valence-electron chi connectivity index (χ1n) is 11.1. The van der Waals surface area contributed by atoms with Crippen molar-refractivity contribution in [2.24, 2.45) is 17.3 Å². The van der Waals surface area contributed by atoms with Crippen LogP contribution in [0.1, 0.15) is 64.7 Å². The van der Waals surface area contributed by atoms with Crippen LogP contribution in [0.3, 0.4) is 0 Å². The Labute approximate surface area is 164 Å². The fourth-order valence-corrected chi connectivity index (χ4v) is 6.28. The molecule has 0 aromatic heterocycles. The average Bonchev–Trinajstić information content (AvgIpc) is 2.96. The number of allylic oxidation sites excluding steroid dienone is 3. The zero-order chi connectivity index (χ0) is 19.0. The Morgan fingerprint density at radius 1 is 1.19 bits per heavy atom. The highest BCUT2D eigenvalue weighted by Crippen LogP contribution is 2.58. The molecule has 4 unspecified atom stereocenters. The molecule has 27 heavy (non-hydrogen) atoms. The number of fused-ring (bicyclic) bond motifs is 1. The van der Waals surface area contributed by atoms with Gasteiger partial charge in [0.1, 0.15) is 6.17 Å². The zero-order valence-electron chi connectivity index (χ0n) is 16.9. The van der Waals surface area contributed by atoms with Gasteiger partial charge in [0.25, 0.3) is 0 Å². The number of aliphatic hydroxyl groups is 1. The van der Waals surface area contributed by atoms with E-state index in [-0.39, 0.29) is 6.10 Å². The largest absolute Gasteiger partial charge is 0.388 e. The van der Waals surface area contributed by atoms with Gasteiger partial charge in [-0.25, -0.2) is 4.39 Å². The highest BCUT2D eigenvalue weighted by molar-refractivity contribution is 5.37. The van der Waals surface area contributed by atoms with E-state index in [0.717, 1.165) is 37.3 Å². The maximum Gasteiger partial charge on any atom is 0.125 e. The first-order valence-corrected chi connectivity index (χ1v) is 11.1. The van der Waals surface area contributed by atoms with Crippen molar-refractivity contribution >= 4 is 0 Å². The molecule has 0 aromatic rings. The van der Waals surface area contributed by atoms with Crippen LogP contribution in [-0.4, -0.2) is 41.9 Å². The number of likely N-dealkylation sites (tertiary alicyclic amines) is 1. The van der Waals surface area contributed by atoms with Gasteiger partial charge in [0.05, 0.1) is 6.10 Å². The summed E-state index contributed by atoms with van der Waals surface area (Å²) in [6, 6.07) is 0. The van der Waals surface area contributed by atoms with Gasteiger partial charge in [-0.15, -0.1) is 0 Å². The van der Waals surface area contributed by atoms with Crippen LogP contribution in [0, 0.1) is 17.3 Å². The predicted molar refractivity (Wildman–Crippen MR) is 109 cm³/mol. The molecule has 3 aliphatic carbocycles. The topological polar surface area (TPSA) is 23.5 Å². The zero-order valence-corrected chi connectivity index (χ0v) is 16.9. The number of aliphatic hydroxyl groups excluding tert-OH is 1. The number of nitrogens with zero attached hydrogens (tertiary/aromatic N) is 1. The van der Waals surface area contributed by atoms with E-state index in [1.807, 2.05) is 0 Å². The van der Waals surface area contributed by atoms with Crippen molar-refractivity contribution < 1.29 is 9.50 Å². The van der Waals surface area contributed by atoms with Gasteiger partial charge in [-0.05, 0) is 92.7 Å². The molecule has 0 aromatic carbocycles. The molecule has 2 nitrogen and oxygen atoms in total. The maximum atomic E-state index is 13.1. The third-order valence-electron chi connectivity index (χ3n) is 8.10. The van der Waals surface area contributed by atoms with E-state index < -0.39 is 6.17 Å². The van der Waals surface area contributed by atoms with Crippen LogP contribution < -0.4 is 0 Å². The number of alkyl halides is 1. The normalized spacial score (nSPS) is 41.1. The molecular formula is C24H36FNO. The minimum Gasteiger partial charge on any atom is -0.388 e. The number of rotatable bonds is 4. The predicted octanol–water partition coefficient (Wildman–Crippen LogP) is 5.20. The van der Waals surface area contributed by atoms with Crippen molar-refractivity contribution in [2.45, 2.75) is 77.0 Å². The summed E-state index contributed by atoms with van der Waals surface area (Å²) in [7, 11) is 0. The molecule has 4 fully saturated rings. The molecule has 3 saturated carbocycles. The Morgan fingerprint density at radius 2 is 2.00 bits per heavy atom. The molecule has 1 N–H and O–H groups in total. The monoisotopic (exact) mass is 373 g/mol. The number of hydrogen-bond acceptors (Lipinski definition) is 2. The molecule has 0 radical (unpaired) electrons. The fraction of sp³-hybridized carbons (Fsp3) is 0.750. The molecule has 150 valence electrons. The van der Waals surface area contributed by atoms with Crippen molar-refractivity contribution in [3.8, 4) is 0 Å². The lowest BCUT2D eigenvalue weighted by Crippen LogP contribution is -2.49. The molecule has 0 amide bonds. The summed E-state index contributed by atoms with van der Waals surface area (Å²) >= 11 is 0. The Morgan fingerprint density at radius 3 is 2.78 bits per heavy atom. The van der Waals surface area contributed by atoms with E-state index >= 15 is 0 Å². The fourth-order valence-electron chi connectivity index (χ4n) is 6.28. The standard InChI is InChI=1S/C24H36FNO/c1-17-18(5-3-7-23(17)27)8-9-19-6-4-13-24(2)20(10-11-22(19)24)12-14-26-15-21(25)16-26/h8-9,20-23,27H,1,3-7,10-16H2,2H3/b18-8-,19-9+. The van der Waals surface area contributed by atoms with Gasteiger partial charge in [-0.2, -0.15) is 0 Å². The first-order chi connectivity index (χ1) is 13.0. The molecule has 4 rings (SSSR count). The van der Waals surface area contributed by atoms with Crippen LogP contribution in [0.4, 0.5) is 4.39 Å². The van der Waals surface area contributed by atoms with Gasteiger partial charge >= 0.3 is 0 Å². The van der Waals surface area contributed by atoms with Gasteiger partial charge in [-0.3, -0.25) is 4.90 Å². The quantitative estimate of drug-likeness (QED) is 0.732. The Hall–Kier alpha value is -0.930. The Bertz CT molecular complexity index is 632. The highest BCUT2D eigenvalue weighted by atomic mass is 19.1. The Kier molecular flexibility index (Phi) is 5.62. The third-order valence-corrected chi connectivity index (χ3v) is 8.10. The summed E-state index contributed by atoms with van der Waals surface area (Å²) in [6.07, 6.45) is 14.4. The second-order valence-electron chi connectivity index (χ2n) is 9.70. The lowest BCUT2D eigenvalue weighted by molar-refractivity contribution is 0.0478. The van der Waals surface area contributed by atoms with Gasteiger partial charge in [0.15, 0.2) is 0 Å². The maximum absolute atomic E-state index is 13.1. The molecule has 1 aliphatic heterocycles. The van der Waals surface area contributed by atoms with Gasteiger partial charge < -0.3 is 5.11 Å². The van der Waals surface area contributed by atoms with E-state index in [1.165, 1.54) is 44.1 Å². The van der Waals surface area contributed by atoms with E-state index in [4.69, 9.17) is 0 Å². The van der Waals surface area contributed by atoms with E-state index in [1.54, 1.807) is 5.57 Å². The van der Waals surface area contributed by atoms with E-state index in [2.05, 4.69) is 30.6 Å². The summed E-state index contributed by atoms with van der Waals surface area (Å²) < 4.78 is 13.1. The van der Waals surface area contributed by atoms with Crippen molar-refractivity contribution in [1.82, 2.24) is 4.90 Å². The van der Waals surface area contributed by atoms with Crippen molar-refractivity contribution in [3.63, 3.8) is 0 Å². The van der Waals surface area contributed by atoms with Crippen molar-refractivity contribution in [2.75, 3.05) is 19.6 Å². The number of hydrogen-bond donors (Lipinski definition) is 1. The lowest BCUT2D eigenvalue weighted by atomic mass is 9.63. The molecular weight excluding hydrogens is 337 g/mol. The molecule has 4 aliphatic rings. The average molecular weight is 374 g/mol. The van der Waals surface area contributed by atoms with Crippen LogP contribution in [0.2, 0.25) is 0 Å². The molecule has 1 saturated heterocycles. The lowest BCUT2D eigenvalue weighted by Gasteiger charge is -2.43. The van der Waals surface area contributed by atoms with Crippen molar-refractivity contribution in [1.29, 1.82) is 0 Å². The molecule has 0 spiro atoms. The minimum atomic E-state index is -0.581. The second kappa shape index (κ2) is 7.83. The van der Waals surface area contributed by atoms with Crippen LogP contribution in [0.15, 0.2) is 35.5 Å². The summed E-state index contributed by atoms with van der Waals surface area (Å²) in [5.41, 5.74) is 4.23. The van der Waals surface area contributed by atoms with Crippen LogP contribution >= 0.6 is 0 Å². The summed E-state index contributed by atoms with van der Waals surface area (Å²) in [5, 5.41) is 10.1. The van der Waals surface area contributed by atoms with Crippen LogP contribution in [0.5, 0.6) is 0 Å². The van der Waals surface area contributed by atoms with Crippen LogP contribution in [-0.2, 0) is 0 Å². The first kappa shape index (κ1) is 19.4. The molecule has 4 atom stereocenters. The van der Waals surface area contributed by atoms with Gasteiger partial charge in [0.2, 0.25) is 0 Å². The summed E-state index contributed by atoms with van der Waals surface area (Å²) in [4.78, 5) is 2.28. The van der Waals surface area contributed by atoms with E-state index in [9.17, 15) is 9.50 Å². The second-order valence-corrected chi connectivity index (χ2v) is 9.70. The van der Waals surface area contributed by atoms with Gasteiger partial charge in [0, 0.05) is 13.1 Å². The van der Waals surface area contributed by atoms with E-state index in [0.29, 0.717) is 24.4 Å². The van der Waals surface area contributed by atoms with Gasteiger partial charge in [-0.1, -0.05) is 31.2 Å². The third kappa shape index (κ3) is 3.82. The number of halogens is 1. The highest BCUT2D eigenvalue weighted by Gasteiger charge is 2.48. The molecule has 0 bridgehead atoms. The SMILES string of the molecule is C=C1/C(=C\C=C2/CCCC3(C)C(CCN4CC(F)C4)CCC23)CCCC1O. The summed E-state index contributed by atoms with van der Waals surface area (Å²) in [5.74, 6) is 1.49. The smallest absolute Gasteiger partial charge is 0.125 e. The Balaban J connectivity index is 1.43. The molecule has 1 heterocycles. The molecule has 3 heteroatoms. The minimum absolute atomic E-state index is 0.346. The van der Waals surface area contributed by atoms with Crippen molar-refractivity contribution in [3.05, 3.63) is 35.5 Å². The van der Waals surface area contributed by atoms with Crippen LogP contribution in [0.25, 0.3) is 0 Å². The summed E-state index contributed by atoms with van der Waals surface area (Å²) in [6.45, 7) is 9.02.